The summed E-state index contributed by atoms with van der Waals surface area (Å²) in [5.74, 6) is -0.288. The Morgan fingerprint density at radius 2 is 2.06 bits per heavy atom. The minimum absolute atomic E-state index is 0.118. The molecule has 9 heteroatoms. The molecule has 0 atom stereocenters. The van der Waals surface area contributed by atoms with E-state index in [0.29, 0.717) is 35.4 Å². The summed E-state index contributed by atoms with van der Waals surface area (Å²) in [5, 5.41) is 5.56. The first kappa shape index (κ1) is 20.8. The highest BCUT2D eigenvalue weighted by atomic mass is 19.4. The number of nitrogens with one attached hydrogen (secondary N) is 2. The van der Waals surface area contributed by atoms with Crippen LogP contribution in [0.4, 0.5) is 29.3 Å². The molecule has 2 aromatic carbocycles. The van der Waals surface area contributed by atoms with Crippen molar-refractivity contribution in [2.75, 3.05) is 23.9 Å². The number of halogens is 3. The Labute approximate surface area is 176 Å². The number of allylic oxidation sites excluding steroid dienone is 1. The van der Waals surface area contributed by atoms with Crippen LogP contribution in [0.1, 0.15) is 29.5 Å². The molecule has 31 heavy (non-hydrogen) atoms. The average Bonchev–Trinajstić information content (AvgIpc) is 2.92. The van der Waals surface area contributed by atoms with Crippen molar-refractivity contribution in [2.24, 2.45) is 0 Å². The van der Waals surface area contributed by atoms with Gasteiger partial charge in [-0.15, -0.1) is 0 Å². The first-order valence-corrected chi connectivity index (χ1v) is 9.73. The van der Waals surface area contributed by atoms with Gasteiger partial charge in [-0.25, -0.2) is 4.79 Å². The summed E-state index contributed by atoms with van der Waals surface area (Å²) < 4.78 is 44.6. The predicted molar refractivity (Wildman–Crippen MR) is 110 cm³/mol. The lowest BCUT2D eigenvalue weighted by atomic mass is 9.99. The molecule has 4 rings (SSSR count). The molecule has 6 nitrogen and oxygen atoms in total. The van der Waals surface area contributed by atoms with E-state index in [1.165, 1.54) is 17.0 Å². The maximum atomic E-state index is 13.0. The molecule has 0 radical (unpaired) electrons. The minimum Gasteiger partial charge on any atom is -0.493 e. The van der Waals surface area contributed by atoms with Gasteiger partial charge in [-0.2, -0.15) is 13.2 Å². The second-order valence-corrected chi connectivity index (χ2v) is 7.34. The van der Waals surface area contributed by atoms with Crippen molar-refractivity contribution in [2.45, 2.75) is 25.6 Å². The fourth-order valence-electron chi connectivity index (χ4n) is 3.72. The van der Waals surface area contributed by atoms with Crippen LogP contribution in [0.5, 0.6) is 5.75 Å². The molecule has 0 fully saturated rings. The highest BCUT2D eigenvalue weighted by Crippen LogP contribution is 2.38. The monoisotopic (exact) mass is 431 g/mol. The third kappa shape index (κ3) is 4.21. The van der Waals surface area contributed by atoms with Crippen LogP contribution in [-0.4, -0.2) is 25.6 Å². The first-order valence-electron chi connectivity index (χ1n) is 9.73. The summed E-state index contributed by atoms with van der Waals surface area (Å²) in [6.07, 6.45) is -2.00. The van der Waals surface area contributed by atoms with Crippen molar-refractivity contribution in [3.8, 4) is 5.75 Å². The number of rotatable bonds is 2. The van der Waals surface area contributed by atoms with E-state index >= 15 is 0 Å². The predicted octanol–water partition coefficient (Wildman–Crippen LogP) is 4.56. The third-order valence-electron chi connectivity index (χ3n) is 5.30. The molecule has 2 aliphatic heterocycles. The Hall–Kier alpha value is -3.49. The van der Waals surface area contributed by atoms with Gasteiger partial charge in [0, 0.05) is 36.5 Å². The van der Waals surface area contributed by atoms with Gasteiger partial charge >= 0.3 is 12.2 Å². The lowest BCUT2D eigenvalue weighted by molar-refractivity contribution is -0.137. The van der Waals surface area contributed by atoms with Crippen LogP contribution in [0.15, 0.2) is 42.5 Å². The number of hydrogen-bond donors (Lipinski definition) is 2. The van der Waals surface area contributed by atoms with Gasteiger partial charge in [0.25, 0.3) is 0 Å². The largest absolute Gasteiger partial charge is 0.493 e. The van der Waals surface area contributed by atoms with Gasteiger partial charge < -0.3 is 15.4 Å². The minimum atomic E-state index is -4.47. The van der Waals surface area contributed by atoms with Crippen molar-refractivity contribution in [1.82, 2.24) is 5.32 Å². The Balaban J connectivity index is 1.62. The zero-order valence-corrected chi connectivity index (χ0v) is 16.7. The molecule has 3 amide bonds. The number of alkyl halides is 3. The van der Waals surface area contributed by atoms with E-state index in [1.807, 2.05) is 0 Å². The quantitative estimate of drug-likeness (QED) is 0.685. The van der Waals surface area contributed by atoms with Gasteiger partial charge in [-0.05, 0) is 42.7 Å². The molecule has 0 bridgehead atoms. The number of ether oxygens (including phenoxy) is 1. The zero-order valence-electron chi connectivity index (χ0n) is 16.7. The summed E-state index contributed by atoms with van der Waals surface area (Å²) in [6, 6.07) is 8.34. The molecule has 2 N–H and O–H groups in total. The summed E-state index contributed by atoms with van der Waals surface area (Å²) in [4.78, 5) is 26.0. The topological polar surface area (TPSA) is 70.7 Å². The standard InChI is InChI=1S/C22H20F3N3O3/c1-28-18-6-2-5-17(16(18)12-26-21(28)30)27-20(29)10-13-4-3-9-31-19-11-14(22(23,24)25)7-8-15(13)19/h2,5-8,10-11H,3-4,9,12H2,1H3,(H,26,30)(H,27,29)/b13-10-. The van der Waals surface area contributed by atoms with Crippen molar-refractivity contribution in [3.63, 3.8) is 0 Å². The van der Waals surface area contributed by atoms with Crippen LogP contribution in [0.25, 0.3) is 5.57 Å². The van der Waals surface area contributed by atoms with E-state index in [2.05, 4.69) is 10.6 Å². The highest BCUT2D eigenvalue weighted by Gasteiger charge is 2.32. The van der Waals surface area contributed by atoms with E-state index in [4.69, 9.17) is 4.74 Å². The summed E-state index contributed by atoms with van der Waals surface area (Å²) in [6.45, 7) is 0.550. The number of carbonyl (C=O) groups is 2. The van der Waals surface area contributed by atoms with Gasteiger partial charge in [0.15, 0.2) is 0 Å². The molecule has 0 unspecified atom stereocenters. The van der Waals surface area contributed by atoms with Gasteiger partial charge in [0.2, 0.25) is 5.91 Å². The van der Waals surface area contributed by atoms with Crippen LogP contribution in [0.3, 0.4) is 0 Å². The van der Waals surface area contributed by atoms with E-state index in [1.54, 1.807) is 25.2 Å². The smallest absolute Gasteiger partial charge is 0.416 e. The second kappa shape index (κ2) is 7.98. The van der Waals surface area contributed by atoms with E-state index in [0.717, 1.165) is 17.7 Å². The number of fused-ring (bicyclic) bond motifs is 2. The lowest BCUT2D eigenvalue weighted by Gasteiger charge is -2.28. The van der Waals surface area contributed by atoms with Gasteiger partial charge in [0.05, 0.1) is 17.9 Å². The Morgan fingerprint density at radius 1 is 1.26 bits per heavy atom. The van der Waals surface area contributed by atoms with Crippen molar-refractivity contribution in [1.29, 1.82) is 0 Å². The maximum Gasteiger partial charge on any atom is 0.416 e. The van der Waals surface area contributed by atoms with Crippen molar-refractivity contribution >= 4 is 28.9 Å². The normalized spacial score (nSPS) is 17.2. The van der Waals surface area contributed by atoms with Gasteiger partial charge in [-0.3, -0.25) is 9.69 Å². The van der Waals surface area contributed by atoms with Gasteiger partial charge in [0.1, 0.15) is 5.75 Å². The van der Waals surface area contributed by atoms with Crippen LogP contribution >= 0.6 is 0 Å². The fraction of sp³-hybridized carbons (Fsp3) is 0.273. The SMILES string of the molecule is CN1C(=O)NCc2c(NC(=O)/C=C3/CCCOc4cc(C(F)(F)F)ccc43)cccc21. The molecule has 2 aromatic rings. The van der Waals surface area contributed by atoms with Crippen LogP contribution in [0, 0.1) is 0 Å². The molecular weight excluding hydrogens is 411 g/mol. The lowest BCUT2D eigenvalue weighted by Crippen LogP contribution is -2.41. The number of urea groups is 1. The zero-order chi connectivity index (χ0) is 22.2. The molecular formula is C22H20F3N3O3. The molecule has 0 aliphatic carbocycles. The number of hydrogen-bond acceptors (Lipinski definition) is 3. The highest BCUT2D eigenvalue weighted by molar-refractivity contribution is 6.06. The molecule has 162 valence electrons. The fourth-order valence-corrected chi connectivity index (χ4v) is 3.72. The Morgan fingerprint density at radius 3 is 2.84 bits per heavy atom. The molecule has 2 aliphatic rings. The summed E-state index contributed by atoms with van der Waals surface area (Å²) >= 11 is 0. The summed E-state index contributed by atoms with van der Waals surface area (Å²) in [5.41, 5.74) is 2.32. The van der Waals surface area contributed by atoms with Crippen LogP contribution in [0.2, 0.25) is 0 Å². The van der Waals surface area contributed by atoms with E-state index in [9.17, 15) is 22.8 Å². The summed E-state index contributed by atoms with van der Waals surface area (Å²) in [7, 11) is 1.64. The second-order valence-electron chi connectivity index (χ2n) is 7.34. The molecule has 0 saturated heterocycles. The molecule has 0 aromatic heterocycles. The van der Waals surface area contributed by atoms with E-state index < -0.39 is 17.6 Å². The van der Waals surface area contributed by atoms with Crippen LogP contribution in [-0.2, 0) is 17.5 Å². The number of benzene rings is 2. The molecule has 0 spiro atoms. The maximum absolute atomic E-state index is 13.0. The van der Waals surface area contributed by atoms with Gasteiger partial charge in [-0.1, -0.05) is 12.1 Å². The van der Waals surface area contributed by atoms with E-state index in [-0.39, 0.29) is 24.9 Å². The van der Waals surface area contributed by atoms with Crippen LogP contribution < -0.4 is 20.3 Å². The molecule has 2 heterocycles. The molecule has 0 saturated carbocycles. The third-order valence-corrected chi connectivity index (χ3v) is 5.30. The Bertz CT molecular complexity index is 1080. The number of nitrogens with zero attached hydrogens (tertiary/aromatic N) is 1. The first-order chi connectivity index (χ1) is 14.7. The number of carbonyl (C=O) groups excluding carboxylic acids is 2. The number of amides is 3. The Kier molecular flexibility index (Phi) is 5.34. The number of anilines is 2. The van der Waals surface area contributed by atoms with Crippen molar-refractivity contribution < 1.29 is 27.5 Å². The van der Waals surface area contributed by atoms with Crippen molar-refractivity contribution in [3.05, 3.63) is 59.2 Å². The average molecular weight is 431 g/mol.